The molecule has 0 saturated carbocycles. The van der Waals surface area contributed by atoms with Gasteiger partial charge in [0.2, 0.25) is 0 Å². The second-order valence-corrected chi connectivity index (χ2v) is 6.85. The predicted molar refractivity (Wildman–Crippen MR) is 96.3 cm³/mol. The van der Waals surface area contributed by atoms with Gasteiger partial charge in [-0.3, -0.25) is 4.98 Å². The van der Waals surface area contributed by atoms with Gasteiger partial charge in [0.25, 0.3) is 0 Å². The van der Waals surface area contributed by atoms with Crippen molar-refractivity contribution in [2.75, 3.05) is 19.6 Å². The summed E-state index contributed by atoms with van der Waals surface area (Å²) in [4.78, 5) is 11.6. The highest BCUT2D eigenvalue weighted by atomic mass is 79.9. The summed E-state index contributed by atoms with van der Waals surface area (Å²) in [6.45, 7) is 4.45. The van der Waals surface area contributed by atoms with E-state index < -0.39 is 0 Å². The van der Waals surface area contributed by atoms with Crippen molar-refractivity contribution < 1.29 is 0 Å². The van der Waals surface area contributed by atoms with Crippen LogP contribution in [0.5, 0.6) is 0 Å². The number of imidazole rings is 1. The highest BCUT2D eigenvalue weighted by molar-refractivity contribution is 9.10. The van der Waals surface area contributed by atoms with Crippen LogP contribution in [0.15, 0.2) is 47.2 Å². The number of pyridine rings is 1. The zero-order chi connectivity index (χ0) is 15.6. The molecule has 1 saturated heterocycles. The minimum Gasteiger partial charge on any atom is -0.322 e. The molecule has 3 aromatic rings. The fourth-order valence-corrected chi connectivity index (χ4v) is 3.86. The maximum absolute atomic E-state index is 4.84. The van der Waals surface area contributed by atoms with Crippen molar-refractivity contribution in [1.29, 1.82) is 0 Å². The molecule has 1 fully saturated rings. The first-order valence-corrected chi connectivity index (χ1v) is 8.90. The van der Waals surface area contributed by atoms with E-state index in [0.717, 1.165) is 40.0 Å². The SMILES string of the molecule is Brc1cncc2nc(-c3ccccc3)n(CCN3CCCC3)c12. The van der Waals surface area contributed by atoms with Crippen LogP contribution in [-0.2, 0) is 6.54 Å². The lowest BCUT2D eigenvalue weighted by atomic mass is 10.2. The molecule has 0 unspecified atom stereocenters. The Morgan fingerprint density at radius 3 is 2.57 bits per heavy atom. The number of hydrogen-bond donors (Lipinski definition) is 0. The summed E-state index contributed by atoms with van der Waals surface area (Å²) in [5.41, 5.74) is 3.23. The van der Waals surface area contributed by atoms with E-state index in [0.29, 0.717) is 0 Å². The van der Waals surface area contributed by atoms with Crippen molar-refractivity contribution in [2.45, 2.75) is 19.4 Å². The first-order valence-electron chi connectivity index (χ1n) is 8.10. The third-order valence-corrected chi connectivity index (χ3v) is 5.06. The molecule has 1 aromatic carbocycles. The van der Waals surface area contributed by atoms with Gasteiger partial charge in [0, 0.05) is 24.8 Å². The van der Waals surface area contributed by atoms with Crippen molar-refractivity contribution >= 4 is 27.0 Å². The molecule has 4 rings (SSSR count). The summed E-state index contributed by atoms with van der Waals surface area (Å²) in [5.74, 6) is 1.02. The van der Waals surface area contributed by atoms with Gasteiger partial charge in [0.1, 0.15) is 11.3 Å². The molecule has 2 aromatic heterocycles. The van der Waals surface area contributed by atoms with E-state index in [9.17, 15) is 0 Å². The Balaban J connectivity index is 1.78. The quantitative estimate of drug-likeness (QED) is 0.696. The maximum atomic E-state index is 4.84. The van der Waals surface area contributed by atoms with Gasteiger partial charge in [-0.2, -0.15) is 0 Å². The largest absolute Gasteiger partial charge is 0.322 e. The smallest absolute Gasteiger partial charge is 0.141 e. The van der Waals surface area contributed by atoms with Crippen LogP contribution in [0.4, 0.5) is 0 Å². The fourth-order valence-electron chi connectivity index (χ4n) is 3.32. The summed E-state index contributed by atoms with van der Waals surface area (Å²) in [6.07, 6.45) is 6.34. The monoisotopic (exact) mass is 370 g/mol. The zero-order valence-corrected chi connectivity index (χ0v) is 14.5. The van der Waals surface area contributed by atoms with Gasteiger partial charge in [-0.1, -0.05) is 30.3 Å². The molecule has 3 heterocycles. The van der Waals surface area contributed by atoms with Gasteiger partial charge in [-0.05, 0) is 41.9 Å². The molecule has 5 heteroatoms. The molecule has 0 spiro atoms. The van der Waals surface area contributed by atoms with Gasteiger partial charge in [-0.25, -0.2) is 4.98 Å². The highest BCUT2D eigenvalue weighted by Crippen LogP contribution is 2.29. The first-order chi connectivity index (χ1) is 11.3. The third-order valence-electron chi connectivity index (χ3n) is 4.48. The van der Waals surface area contributed by atoms with E-state index in [4.69, 9.17) is 4.98 Å². The maximum Gasteiger partial charge on any atom is 0.141 e. The first kappa shape index (κ1) is 14.8. The molecular weight excluding hydrogens is 352 g/mol. The average molecular weight is 371 g/mol. The van der Waals surface area contributed by atoms with Gasteiger partial charge in [-0.15, -0.1) is 0 Å². The standard InChI is InChI=1S/C18H19BrN4/c19-15-12-20-13-16-17(15)23(11-10-22-8-4-5-9-22)18(21-16)14-6-2-1-3-7-14/h1-3,6-7,12-13H,4-5,8-11H2. The number of likely N-dealkylation sites (tertiary alicyclic amines) is 1. The van der Waals surface area contributed by atoms with Crippen LogP contribution >= 0.6 is 15.9 Å². The molecule has 0 amide bonds. The molecule has 0 bridgehead atoms. The van der Waals surface area contributed by atoms with Crippen molar-refractivity contribution in [3.63, 3.8) is 0 Å². The summed E-state index contributed by atoms with van der Waals surface area (Å²) >= 11 is 3.65. The number of halogens is 1. The fraction of sp³-hybridized carbons (Fsp3) is 0.333. The van der Waals surface area contributed by atoms with Crippen molar-refractivity contribution in [1.82, 2.24) is 19.4 Å². The zero-order valence-electron chi connectivity index (χ0n) is 13.0. The van der Waals surface area contributed by atoms with E-state index in [1.807, 2.05) is 18.5 Å². The van der Waals surface area contributed by atoms with Gasteiger partial charge in [0.05, 0.1) is 16.2 Å². The van der Waals surface area contributed by atoms with Gasteiger partial charge < -0.3 is 9.47 Å². The molecule has 0 radical (unpaired) electrons. The minimum absolute atomic E-state index is 0.944. The van der Waals surface area contributed by atoms with E-state index in [-0.39, 0.29) is 0 Å². The van der Waals surface area contributed by atoms with Crippen molar-refractivity contribution in [2.24, 2.45) is 0 Å². The van der Waals surface area contributed by atoms with Crippen LogP contribution in [0.3, 0.4) is 0 Å². The average Bonchev–Trinajstić information content (AvgIpc) is 3.22. The predicted octanol–water partition coefficient (Wildman–Crippen LogP) is 3.96. The molecule has 4 nitrogen and oxygen atoms in total. The summed E-state index contributed by atoms with van der Waals surface area (Å²) in [6, 6.07) is 10.4. The van der Waals surface area contributed by atoms with Crippen LogP contribution in [0, 0.1) is 0 Å². The Morgan fingerprint density at radius 1 is 1.00 bits per heavy atom. The van der Waals surface area contributed by atoms with E-state index in [1.165, 1.54) is 25.9 Å². The highest BCUT2D eigenvalue weighted by Gasteiger charge is 2.17. The topological polar surface area (TPSA) is 34.0 Å². The van der Waals surface area contributed by atoms with Crippen LogP contribution in [0.2, 0.25) is 0 Å². The number of nitrogens with zero attached hydrogens (tertiary/aromatic N) is 4. The van der Waals surface area contributed by atoms with E-state index in [1.54, 1.807) is 0 Å². The normalized spacial score (nSPS) is 15.5. The van der Waals surface area contributed by atoms with Crippen LogP contribution in [0.25, 0.3) is 22.4 Å². The lowest BCUT2D eigenvalue weighted by Gasteiger charge is -2.17. The molecule has 1 aliphatic heterocycles. The Morgan fingerprint density at radius 2 is 1.78 bits per heavy atom. The number of benzene rings is 1. The lowest BCUT2D eigenvalue weighted by Crippen LogP contribution is -2.24. The van der Waals surface area contributed by atoms with E-state index in [2.05, 4.69) is 54.6 Å². The molecule has 23 heavy (non-hydrogen) atoms. The van der Waals surface area contributed by atoms with Gasteiger partial charge >= 0.3 is 0 Å². The molecule has 0 atom stereocenters. The summed E-state index contributed by atoms with van der Waals surface area (Å²) in [7, 11) is 0. The number of hydrogen-bond acceptors (Lipinski definition) is 3. The molecule has 0 N–H and O–H groups in total. The van der Waals surface area contributed by atoms with Crippen LogP contribution in [0.1, 0.15) is 12.8 Å². The van der Waals surface area contributed by atoms with Crippen LogP contribution in [-0.4, -0.2) is 39.1 Å². The number of aromatic nitrogens is 3. The van der Waals surface area contributed by atoms with Crippen LogP contribution < -0.4 is 0 Å². The summed E-state index contributed by atoms with van der Waals surface area (Å²) in [5, 5.41) is 0. The minimum atomic E-state index is 0.944. The molecular formula is C18H19BrN4. The Bertz CT molecular complexity index is 807. The lowest BCUT2D eigenvalue weighted by molar-refractivity contribution is 0.325. The second-order valence-electron chi connectivity index (χ2n) is 5.99. The Hall–Kier alpha value is -1.72. The van der Waals surface area contributed by atoms with Crippen molar-refractivity contribution in [3.05, 3.63) is 47.2 Å². The summed E-state index contributed by atoms with van der Waals surface area (Å²) < 4.78 is 3.33. The Kier molecular flexibility index (Phi) is 4.14. The van der Waals surface area contributed by atoms with E-state index >= 15 is 0 Å². The molecule has 1 aliphatic rings. The van der Waals surface area contributed by atoms with Crippen molar-refractivity contribution in [3.8, 4) is 11.4 Å². The molecule has 118 valence electrons. The number of rotatable bonds is 4. The number of fused-ring (bicyclic) bond motifs is 1. The molecule has 0 aliphatic carbocycles. The Labute approximate surface area is 144 Å². The van der Waals surface area contributed by atoms with Gasteiger partial charge in [0.15, 0.2) is 0 Å². The third kappa shape index (κ3) is 2.91. The second kappa shape index (κ2) is 6.42.